The fourth-order valence-electron chi connectivity index (χ4n) is 4.65. The van der Waals surface area contributed by atoms with Gasteiger partial charge in [0.1, 0.15) is 11.7 Å². The van der Waals surface area contributed by atoms with Crippen LogP contribution in [-0.2, 0) is 14.4 Å². The number of hydroxylamine groups is 1. The highest BCUT2D eigenvalue weighted by atomic mass is 16.7. The van der Waals surface area contributed by atoms with Crippen molar-refractivity contribution in [2.45, 2.75) is 31.9 Å². The molecule has 0 aliphatic carbocycles. The number of benzene rings is 3. The topological polar surface area (TPSA) is 102 Å². The number of non-ortho nitro benzene ring substituents is 1. The summed E-state index contributed by atoms with van der Waals surface area (Å²) in [6.07, 6.45) is 0.897. The molecule has 36 heavy (non-hydrogen) atoms. The number of imide groups is 1. The molecule has 0 bridgehead atoms. The van der Waals surface area contributed by atoms with Gasteiger partial charge in [-0.15, -0.1) is 0 Å². The Balaban J connectivity index is 1.49. The van der Waals surface area contributed by atoms with Crippen molar-refractivity contribution in [3.63, 3.8) is 0 Å². The van der Waals surface area contributed by atoms with Gasteiger partial charge in [-0.1, -0.05) is 43.7 Å². The predicted molar refractivity (Wildman–Crippen MR) is 132 cm³/mol. The summed E-state index contributed by atoms with van der Waals surface area (Å²) in [6.45, 7) is 2.67. The molecular weight excluding hydrogens is 462 g/mol. The molecule has 9 heteroatoms. The van der Waals surface area contributed by atoms with Crippen LogP contribution in [0.15, 0.2) is 78.9 Å². The molecule has 2 saturated heterocycles. The molecular formula is C27H25N3O6. The van der Waals surface area contributed by atoms with E-state index >= 15 is 0 Å². The Labute approximate surface area is 207 Å². The standard InChI is InChI=1S/C27H25N3O6/c1-2-3-16-35-22-14-12-19(13-15-22)28-26(31)23-24(18-8-7-11-21(17-18)30(33)34)29(36-25(23)27(28)32)20-9-5-4-6-10-20/h4-15,17,23-25H,2-3,16H2,1H3/t23-,24+,25+/m1/s1. The van der Waals surface area contributed by atoms with Gasteiger partial charge in [0.25, 0.3) is 11.6 Å². The molecule has 2 aliphatic heterocycles. The van der Waals surface area contributed by atoms with Crippen LogP contribution in [0.1, 0.15) is 31.4 Å². The molecule has 3 atom stereocenters. The summed E-state index contributed by atoms with van der Waals surface area (Å²) < 4.78 is 5.69. The number of nitro benzene ring substituents is 1. The first-order valence-electron chi connectivity index (χ1n) is 11.9. The second kappa shape index (κ2) is 9.79. The molecule has 0 radical (unpaired) electrons. The number of amides is 2. The number of unbranched alkanes of at least 4 members (excludes halogenated alkanes) is 1. The van der Waals surface area contributed by atoms with E-state index in [4.69, 9.17) is 9.57 Å². The zero-order valence-corrected chi connectivity index (χ0v) is 19.7. The van der Waals surface area contributed by atoms with Crippen molar-refractivity contribution in [2.24, 2.45) is 5.92 Å². The first kappa shape index (κ1) is 23.5. The lowest BCUT2D eigenvalue weighted by Gasteiger charge is -2.28. The second-order valence-corrected chi connectivity index (χ2v) is 8.72. The molecule has 3 aromatic carbocycles. The number of rotatable bonds is 8. The van der Waals surface area contributed by atoms with E-state index in [1.807, 2.05) is 18.2 Å². The van der Waals surface area contributed by atoms with Crippen LogP contribution < -0.4 is 14.7 Å². The minimum atomic E-state index is -1.05. The van der Waals surface area contributed by atoms with Gasteiger partial charge >= 0.3 is 0 Å². The van der Waals surface area contributed by atoms with E-state index in [1.54, 1.807) is 48.5 Å². The third-order valence-electron chi connectivity index (χ3n) is 6.41. The summed E-state index contributed by atoms with van der Waals surface area (Å²) in [5, 5.41) is 13.0. The smallest absolute Gasteiger partial charge is 0.269 e. The minimum absolute atomic E-state index is 0.101. The summed E-state index contributed by atoms with van der Waals surface area (Å²) in [4.78, 5) is 45.3. The van der Waals surface area contributed by atoms with E-state index < -0.39 is 34.8 Å². The number of carbonyl (C=O) groups excluding carboxylic acids is 2. The molecule has 5 rings (SSSR count). The molecule has 2 amide bonds. The number of ether oxygens (including phenoxy) is 1. The minimum Gasteiger partial charge on any atom is -0.494 e. The average molecular weight is 488 g/mol. The van der Waals surface area contributed by atoms with Crippen LogP contribution in [0.5, 0.6) is 5.75 Å². The highest BCUT2D eigenvalue weighted by molar-refractivity contribution is 6.23. The Bertz CT molecular complexity index is 1280. The maximum atomic E-state index is 13.7. The van der Waals surface area contributed by atoms with E-state index in [2.05, 4.69) is 6.92 Å². The number of anilines is 2. The largest absolute Gasteiger partial charge is 0.494 e. The molecule has 2 aliphatic rings. The van der Waals surface area contributed by atoms with Crippen molar-refractivity contribution in [1.29, 1.82) is 0 Å². The number of nitro groups is 1. The van der Waals surface area contributed by atoms with Crippen LogP contribution in [0.3, 0.4) is 0 Å². The molecule has 0 unspecified atom stereocenters. The van der Waals surface area contributed by atoms with Crippen LogP contribution >= 0.6 is 0 Å². The van der Waals surface area contributed by atoms with Crippen LogP contribution in [0, 0.1) is 16.0 Å². The SMILES string of the molecule is CCCCOc1ccc(N2C(=O)[C@H]3[C@H](ON(c4ccccc4)[C@H]3c3cccc([N+](=O)[O-])c3)C2=O)cc1. The average Bonchev–Trinajstić information content (AvgIpc) is 3.41. The Kier molecular flexibility index (Phi) is 6.39. The molecule has 9 nitrogen and oxygen atoms in total. The van der Waals surface area contributed by atoms with E-state index in [9.17, 15) is 19.7 Å². The van der Waals surface area contributed by atoms with Crippen molar-refractivity contribution < 1.29 is 24.1 Å². The molecule has 2 fully saturated rings. The maximum Gasteiger partial charge on any atom is 0.269 e. The Hall–Kier alpha value is -4.24. The van der Waals surface area contributed by atoms with Gasteiger partial charge in [-0.2, -0.15) is 0 Å². The van der Waals surface area contributed by atoms with E-state index in [1.165, 1.54) is 17.2 Å². The fourth-order valence-corrected chi connectivity index (χ4v) is 4.65. The summed E-state index contributed by atoms with van der Waals surface area (Å²) in [7, 11) is 0. The van der Waals surface area contributed by atoms with Gasteiger partial charge < -0.3 is 4.74 Å². The van der Waals surface area contributed by atoms with Gasteiger partial charge in [-0.25, -0.2) is 9.96 Å². The van der Waals surface area contributed by atoms with Gasteiger partial charge in [-0.05, 0) is 48.4 Å². The second-order valence-electron chi connectivity index (χ2n) is 8.72. The molecule has 3 aromatic rings. The number of para-hydroxylation sites is 1. The predicted octanol–water partition coefficient (Wildman–Crippen LogP) is 4.82. The molecule has 0 spiro atoms. The zero-order chi connectivity index (χ0) is 25.2. The van der Waals surface area contributed by atoms with Gasteiger partial charge in [0.05, 0.1) is 28.9 Å². The lowest BCUT2D eigenvalue weighted by Crippen LogP contribution is -2.37. The van der Waals surface area contributed by atoms with Crippen LogP contribution in [0.2, 0.25) is 0 Å². The van der Waals surface area contributed by atoms with Crippen LogP contribution in [-0.4, -0.2) is 29.4 Å². The third kappa shape index (κ3) is 4.18. The lowest BCUT2D eigenvalue weighted by atomic mass is 9.90. The first-order valence-corrected chi connectivity index (χ1v) is 11.9. The monoisotopic (exact) mass is 487 g/mol. The van der Waals surface area contributed by atoms with Crippen molar-refractivity contribution >= 4 is 28.9 Å². The van der Waals surface area contributed by atoms with Crippen molar-refractivity contribution in [3.8, 4) is 5.75 Å². The van der Waals surface area contributed by atoms with Gasteiger partial charge in [-0.3, -0.25) is 24.5 Å². The van der Waals surface area contributed by atoms with Crippen molar-refractivity contribution in [2.75, 3.05) is 16.6 Å². The Morgan fingerprint density at radius 2 is 1.69 bits per heavy atom. The van der Waals surface area contributed by atoms with E-state index in [0.717, 1.165) is 17.7 Å². The molecule has 0 saturated carbocycles. The molecule has 0 N–H and O–H groups in total. The van der Waals surface area contributed by atoms with Gasteiger partial charge in [0.2, 0.25) is 5.91 Å². The Morgan fingerprint density at radius 3 is 2.39 bits per heavy atom. The van der Waals surface area contributed by atoms with E-state index in [-0.39, 0.29) is 5.69 Å². The summed E-state index contributed by atoms with van der Waals surface area (Å²) >= 11 is 0. The molecule has 184 valence electrons. The summed E-state index contributed by atoms with van der Waals surface area (Å²) in [6, 6.07) is 21.3. The number of hydrogen-bond donors (Lipinski definition) is 0. The van der Waals surface area contributed by atoms with Gasteiger partial charge in [0, 0.05) is 12.1 Å². The van der Waals surface area contributed by atoms with Crippen LogP contribution in [0.4, 0.5) is 17.1 Å². The number of carbonyl (C=O) groups is 2. The number of hydrogen-bond acceptors (Lipinski definition) is 7. The maximum absolute atomic E-state index is 13.7. The van der Waals surface area contributed by atoms with Crippen LogP contribution in [0.25, 0.3) is 0 Å². The fraction of sp³-hybridized carbons (Fsp3) is 0.259. The van der Waals surface area contributed by atoms with Crippen molar-refractivity contribution in [1.82, 2.24) is 0 Å². The number of fused-ring (bicyclic) bond motifs is 1. The normalized spacial score (nSPS) is 21.1. The third-order valence-corrected chi connectivity index (χ3v) is 6.41. The first-order chi connectivity index (χ1) is 17.5. The lowest BCUT2D eigenvalue weighted by molar-refractivity contribution is -0.384. The summed E-state index contributed by atoms with van der Waals surface area (Å²) in [5.41, 5.74) is 1.48. The van der Waals surface area contributed by atoms with E-state index in [0.29, 0.717) is 29.3 Å². The quantitative estimate of drug-likeness (QED) is 0.194. The highest BCUT2D eigenvalue weighted by Crippen LogP contribution is 2.48. The molecule has 2 heterocycles. The molecule has 0 aromatic heterocycles. The Morgan fingerprint density at radius 1 is 0.944 bits per heavy atom. The van der Waals surface area contributed by atoms with Crippen molar-refractivity contribution in [3.05, 3.63) is 94.5 Å². The number of nitrogens with zero attached hydrogens (tertiary/aromatic N) is 3. The summed E-state index contributed by atoms with van der Waals surface area (Å²) in [5.74, 6) is -1.11. The zero-order valence-electron chi connectivity index (χ0n) is 19.7. The van der Waals surface area contributed by atoms with Gasteiger partial charge in [0.15, 0.2) is 6.10 Å². The highest BCUT2D eigenvalue weighted by Gasteiger charge is 2.60.